The molecule has 0 atom stereocenters. The molecule has 0 saturated carbocycles. The van der Waals surface area contributed by atoms with E-state index in [0.29, 0.717) is 17.8 Å². The lowest BCUT2D eigenvalue weighted by molar-refractivity contribution is -0.121. The molecule has 0 spiro atoms. The summed E-state index contributed by atoms with van der Waals surface area (Å²) in [4.78, 5) is 31.2. The second-order valence-corrected chi connectivity index (χ2v) is 8.63. The van der Waals surface area contributed by atoms with Gasteiger partial charge in [0, 0.05) is 29.6 Å². The number of alkyl halides is 2. The van der Waals surface area contributed by atoms with Gasteiger partial charge in [0.05, 0.1) is 0 Å². The van der Waals surface area contributed by atoms with E-state index in [-0.39, 0.29) is 35.7 Å². The van der Waals surface area contributed by atoms with Gasteiger partial charge in [-0.3, -0.25) is 9.59 Å². The molecule has 1 heterocycles. The Morgan fingerprint density at radius 3 is 2.16 bits per heavy atom. The zero-order valence-electron chi connectivity index (χ0n) is 17.9. The summed E-state index contributed by atoms with van der Waals surface area (Å²) in [5.41, 5.74) is 1.91. The van der Waals surface area contributed by atoms with Crippen LogP contribution in [0.3, 0.4) is 0 Å². The van der Waals surface area contributed by atoms with Crippen LogP contribution in [0.4, 0.5) is 8.78 Å². The molecule has 1 amide bonds. The molecule has 3 aromatic rings. The molecule has 0 saturated heterocycles. The molecule has 32 heavy (non-hydrogen) atoms. The minimum atomic E-state index is -2.67. The molecule has 0 unspecified atom stereocenters. The van der Waals surface area contributed by atoms with Crippen molar-refractivity contribution in [3.63, 3.8) is 0 Å². The lowest BCUT2D eigenvalue weighted by Gasteiger charge is -2.31. The fraction of sp³-hybridized carbons (Fsp3) is 0.292. The van der Waals surface area contributed by atoms with E-state index in [4.69, 9.17) is 0 Å². The largest absolute Gasteiger partial charge is 0.355 e. The van der Waals surface area contributed by atoms with Gasteiger partial charge in [-0.05, 0) is 43.2 Å². The number of nitrogens with one attached hydrogen (secondary N) is 2. The third-order valence-corrected chi connectivity index (χ3v) is 6.06. The number of hydrogen-bond acceptors (Lipinski definition) is 4. The van der Waals surface area contributed by atoms with Crippen LogP contribution in [0.1, 0.15) is 35.7 Å². The van der Waals surface area contributed by atoms with E-state index in [1.165, 1.54) is 0 Å². The second kappa shape index (κ2) is 10.5. The number of thioether (sulfide) groups is 1. The van der Waals surface area contributed by atoms with Crippen LogP contribution in [0.5, 0.6) is 0 Å². The van der Waals surface area contributed by atoms with Crippen molar-refractivity contribution in [3.05, 3.63) is 93.4 Å². The van der Waals surface area contributed by atoms with Crippen molar-refractivity contribution in [3.8, 4) is 0 Å². The molecule has 0 aliphatic carbocycles. The standard InChI is InChI=1S/C24H25F2N3O2S/c1-16-19(21(31)29-23(28-16)32-22(25)26)13-14-20(30)27-15-24(2,17-9-5-3-6-10-17)18-11-7-4-8-12-18/h3-12,22H,13-15H2,1-2H3,(H,27,30)(H,28,29,31). The third-order valence-electron chi connectivity index (χ3n) is 5.46. The maximum absolute atomic E-state index is 12.6. The van der Waals surface area contributed by atoms with Crippen LogP contribution in [-0.2, 0) is 16.6 Å². The molecule has 0 aliphatic heterocycles. The maximum atomic E-state index is 12.6. The molecule has 0 fully saturated rings. The van der Waals surface area contributed by atoms with Crippen molar-refractivity contribution < 1.29 is 13.6 Å². The third kappa shape index (κ3) is 5.82. The molecule has 2 N–H and O–H groups in total. The highest BCUT2D eigenvalue weighted by atomic mass is 32.2. The van der Waals surface area contributed by atoms with E-state index in [1.54, 1.807) is 6.92 Å². The highest BCUT2D eigenvalue weighted by Crippen LogP contribution is 2.31. The Morgan fingerprint density at radius 1 is 1.09 bits per heavy atom. The van der Waals surface area contributed by atoms with Crippen LogP contribution >= 0.6 is 11.8 Å². The van der Waals surface area contributed by atoms with Crippen molar-refractivity contribution >= 4 is 17.7 Å². The van der Waals surface area contributed by atoms with Gasteiger partial charge in [-0.2, -0.15) is 8.78 Å². The summed E-state index contributed by atoms with van der Waals surface area (Å²) in [5.74, 6) is -2.87. The number of halogens is 2. The summed E-state index contributed by atoms with van der Waals surface area (Å²) < 4.78 is 25.0. The lowest BCUT2D eigenvalue weighted by atomic mass is 9.76. The molecule has 1 aromatic heterocycles. The van der Waals surface area contributed by atoms with Gasteiger partial charge >= 0.3 is 0 Å². The number of carbonyl (C=O) groups is 1. The Bertz CT molecular complexity index is 1070. The average molecular weight is 458 g/mol. The first-order chi connectivity index (χ1) is 15.3. The Labute approximate surface area is 189 Å². The summed E-state index contributed by atoms with van der Waals surface area (Å²) in [6, 6.07) is 19.9. The van der Waals surface area contributed by atoms with Crippen molar-refractivity contribution in [2.75, 3.05) is 6.54 Å². The van der Waals surface area contributed by atoms with E-state index < -0.39 is 16.7 Å². The number of aromatic nitrogens is 2. The van der Waals surface area contributed by atoms with Crippen molar-refractivity contribution in [2.45, 2.75) is 43.0 Å². The second-order valence-electron chi connectivity index (χ2n) is 7.65. The number of nitrogens with zero attached hydrogens (tertiary/aromatic N) is 1. The van der Waals surface area contributed by atoms with Crippen molar-refractivity contribution in [1.82, 2.24) is 15.3 Å². The highest BCUT2D eigenvalue weighted by Gasteiger charge is 2.29. The Kier molecular flexibility index (Phi) is 7.80. The van der Waals surface area contributed by atoms with Crippen molar-refractivity contribution in [1.29, 1.82) is 0 Å². The van der Waals surface area contributed by atoms with Crippen LogP contribution in [0.15, 0.2) is 70.6 Å². The van der Waals surface area contributed by atoms with Gasteiger partial charge in [0.15, 0.2) is 5.16 Å². The van der Waals surface area contributed by atoms with E-state index >= 15 is 0 Å². The van der Waals surface area contributed by atoms with Crippen LogP contribution in [-0.4, -0.2) is 28.2 Å². The molecule has 0 radical (unpaired) electrons. The summed E-state index contributed by atoms with van der Waals surface area (Å²) in [6.07, 6.45) is 0.264. The average Bonchev–Trinajstić information content (AvgIpc) is 2.77. The number of hydrogen-bond donors (Lipinski definition) is 2. The fourth-order valence-corrected chi connectivity index (χ4v) is 4.11. The quantitative estimate of drug-likeness (QED) is 0.368. The minimum Gasteiger partial charge on any atom is -0.355 e. The van der Waals surface area contributed by atoms with Crippen LogP contribution < -0.4 is 10.9 Å². The zero-order chi connectivity index (χ0) is 23.1. The van der Waals surface area contributed by atoms with Gasteiger partial charge < -0.3 is 10.3 Å². The molecular formula is C24H25F2N3O2S. The van der Waals surface area contributed by atoms with Gasteiger partial charge in [0.2, 0.25) is 5.91 Å². The highest BCUT2D eigenvalue weighted by molar-refractivity contribution is 7.99. The fourth-order valence-electron chi connectivity index (χ4n) is 3.60. The summed E-state index contributed by atoms with van der Waals surface area (Å²) in [5, 5.41) is 2.86. The minimum absolute atomic E-state index is 0.0899. The predicted molar refractivity (Wildman–Crippen MR) is 122 cm³/mol. The monoisotopic (exact) mass is 457 g/mol. The predicted octanol–water partition coefficient (Wildman–Crippen LogP) is 4.45. The van der Waals surface area contributed by atoms with E-state index in [0.717, 1.165) is 11.1 Å². The smallest absolute Gasteiger partial charge is 0.291 e. The first-order valence-corrected chi connectivity index (χ1v) is 11.1. The Morgan fingerprint density at radius 2 is 1.66 bits per heavy atom. The van der Waals surface area contributed by atoms with E-state index in [9.17, 15) is 18.4 Å². The van der Waals surface area contributed by atoms with Crippen LogP contribution in [0.2, 0.25) is 0 Å². The summed E-state index contributed by atoms with van der Waals surface area (Å²) >= 11 is 0.187. The Balaban J connectivity index is 1.69. The first kappa shape index (κ1) is 23.7. The first-order valence-electron chi connectivity index (χ1n) is 10.2. The number of H-pyrrole nitrogens is 1. The number of aryl methyl sites for hydroxylation is 1. The number of carbonyl (C=O) groups excluding carboxylic acids is 1. The molecule has 3 rings (SSSR count). The molecule has 0 bridgehead atoms. The molecular weight excluding hydrogens is 432 g/mol. The molecule has 0 aliphatic rings. The summed E-state index contributed by atoms with van der Waals surface area (Å²) in [7, 11) is 0. The number of aromatic amines is 1. The maximum Gasteiger partial charge on any atom is 0.291 e. The van der Waals surface area contributed by atoms with Gasteiger partial charge in [-0.15, -0.1) is 0 Å². The zero-order valence-corrected chi connectivity index (χ0v) is 18.7. The van der Waals surface area contributed by atoms with Gasteiger partial charge in [-0.25, -0.2) is 4.98 Å². The van der Waals surface area contributed by atoms with Gasteiger partial charge in [-0.1, -0.05) is 60.7 Å². The normalized spacial score (nSPS) is 11.5. The van der Waals surface area contributed by atoms with Gasteiger partial charge in [0.1, 0.15) is 0 Å². The van der Waals surface area contributed by atoms with Crippen LogP contribution in [0, 0.1) is 6.92 Å². The van der Waals surface area contributed by atoms with E-state index in [2.05, 4.69) is 22.2 Å². The van der Waals surface area contributed by atoms with Crippen LogP contribution in [0.25, 0.3) is 0 Å². The van der Waals surface area contributed by atoms with Gasteiger partial charge in [0.25, 0.3) is 11.3 Å². The number of amides is 1. The Hall–Kier alpha value is -3.00. The molecule has 168 valence electrons. The molecule has 5 nitrogen and oxygen atoms in total. The SMILES string of the molecule is Cc1nc(SC(F)F)[nH]c(=O)c1CCC(=O)NCC(C)(c1ccccc1)c1ccccc1. The number of benzene rings is 2. The molecule has 2 aromatic carbocycles. The van der Waals surface area contributed by atoms with Crippen molar-refractivity contribution in [2.24, 2.45) is 0 Å². The van der Waals surface area contributed by atoms with E-state index in [1.807, 2.05) is 60.7 Å². The summed E-state index contributed by atoms with van der Waals surface area (Å²) in [6.45, 7) is 4.05. The lowest BCUT2D eigenvalue weighted by Crippen LogP contribution is -2.39. The number of rotatable bonds is 9. The molecule has 8 heteroatoms. The topological polar surface area (TPSA) is 74.8 Å².